The van der Waals surface area contributed by atoms with Gasteiger partial charge < -0.3 is 10.1 Å². The molecule has 3 atom stereocenters. The molecule has 106 valence electrons. The Bertz CT molecular complexity index is 406. The Morgan fingerprint density at radius 2 is 2.00 bits per heavy atom. The topological polar surface area (TPSA) is 21.3 Å². The standard InChI is InChI=1S/C16H24FNO/c1-4-10-18-14-11-15(16(14,3)5-2)19-13-8-6-12(17)7-9-13/h6-9,14-15,18H,4-5,10-11H2,1-3H3. The predicted molar refractivity (Wildman–Crippen MR) is 75.9 cm³/mol. The first-order valence-corrected chi connectivity index (χ1v) is 7.25. The predicted octanol–water partition coefficient (Wildman–Crippen LogP) is 3.76. The van der Waals surface area contributed by atoms with Crippen molar-refractivity contribution in [3.63, 3.8) is 0 Å². The van der Waals surface area contributed by atoms with E-state index in [0.29, 0.717) is 6.04 Å². The van der Waals surface area contributed by atoms with E-state index in [1.54, 1.807) is 12.1 Å². The van der Waals surface area contributed by atoms with E-state index in [0.717, 1.165) is 31.6 Å². The first kappa shape index (κ1) is 14.3. The summed E-state index contributed by atoms with van der Waals surface area (Å²) in [6.07, 6.45) is 3.49. The molecule has 1 aliphatic carbocycles. The first-order valence-electron chi connectivity index (χ1n) is 7.25. The lowest BCUT2D eigenvalue weighted by atomic mass is 9.61. The Morgan fingerprint density at radius 3 is 2.58 bits per heavy atom. The van der Waals surface area contributed by atoms with E-state index in [9.17, 15) is 4.39 Å². The monoisotopic (exact) mass is 265 g/mol. The van der Waals surface area contributed by atoms with Crippen LogP contribution in [-0.4, -0.2) is 18.7 Å². The molecule has 3 heteroatoms. The summed E-state index contributed by atoms with van der Waals surface area (Å²) in [4.78, 5) is 0. The van der Waals surface area contributed by atoms with E-state index in [1.165, 1.54) is 12.1 Å². The highest BCUT2D eigenvalue weighted by atomic mass is 19.1. The van der Waals surface area contributed by atoms with Gasteiger partial charge in [0.25, 0.3) is 0 Å². The molecule has 1 aliphatic rings. The molecule has 1 saturated carbocycles. The van der Waals surface area contributed by atoms with E-state index in [2.05, 4.69) is 26.1 Å². The van der Waals surface area contributed by atoms with E-state index in [4.69, 9.17) is 4.74 Å². The maximum Gasteiger partial charge on any atom is 0.123 e. The van der Waals surface area contributed by atoms with Gasteiger partial charge in [0.05, 0.1) is 0 Å². The van der Waals surface area contributed by atoms with Crippen molar-refractivity contribution < 1.29 is 9.13 Å². The molecule has 0 aliphatic heterocycles. The fraction of sp³-hybridized carbons (Fsp3) is 0.625. The molecule has 1 aromatic rings. The summed E-state index contributed by atoms with van der Waals surface area (Å²) in [6.45, 7) is 7.73. The quantitative estimate of drug-likeness (QED) is 0.845. The van der Waals surface area contributed by atoms with Crippen LogP contribution in [0.15, 0.2) is 24.3 Å². The molecule has 2 nitrogen and oxygen atoms in total. The van der Waals surface area contributed by atoms with E-state index >= 15 is 0 Å². The van der Waals surface area contributed by atoms with Gasteiger partial charge >= 0.3 is 0 Å². The molecule has 3 unspecified atom stereocenters. The molecule has 19 heavy (non-hydrogen) atoms. The van der Waals surface area contributed by atoms with Crippen molar-refractivity contribution in [2.75, 3.05) is 6.54 Å². The van der Waals surface area contributed by atoms with Crippen LogP contribution in [0.25, 0.3) is 0 Å². The van der Waals surface area contributed by atoms with Crippen molar-refractivity contribution in [1.82, 2.24) is 5.32 Å². The van der Waals surface area contributed by atoms with Gasteiger partial charge in [-0.15, -0.1) is 0 Å². The number of benzene rings is 1. The summed E-state index contributed by atoms with van der Waals surface area (Å²) < 4.78 is 18.9. The molecule has 0 heterocycles. The number of halogens is 1. The Kier molecular flexibility index (Phi) is 4.46. The van der Waals surface area contributed by atoms with Gasteiger partial charge in [0.1, 0.15) is 17.7 Å². The van der Waals surface area contributed by atoms with Crippen LogP contribution in [0.3, 0.4) is 0 Å². The smallest absolute Gasteiger partial charge is 0.123 e. The van der Waals surface area contributed by atoms with Crippen molar-refractivity contribution in [1.29, 1.82) is 0 Å². The largest absolute Gasteiger partial charge is 0.490 e. The summed E-state index contributed by atoms with van der Waals surface area (Å²) in [5, 5.41) is 3.60. The molecule has 0 radical (unpaired) electrons. The van der Waals surface area contributed by atoms with Crippen molar-refractivity contribution in [3.05, 3.63) is 30.1 Å². The zero-order chi connectivity index (χ0) is 13.9. The number of nitrogens with one attached hydrogen (secondary N) is 1. The Balaban J connectivity index is 1.96. The van der Waals surface area contributed by atoms with Crippen LogP contribution in [0.4, 0.5) is 4.39 Å². The van der Waals surface area contributed by atoms with Crippen LogP contribution in [0, 0.1) is 11.2 Å². The molecular formula is C16H24FNO. The van der Waals surface area contributed by atoms with E-state index < -0.39 is 0 Å². The van der Waals surface area contributed by atoms with Gasteiger partial charge in [-0.3, -0.25) is 0 Å². The number of hydrogen-bond acceptors (Lipinski definition) is 2. The normalized spacial score (nSPS) is 29.9. The van der Waals surface area contributed by atoms with E-state index in [1.807, 2.05) is 0 Å². The molecular weight excluding hydrogens is 241 g/mol. The van der Waals surface area contributed by atoms with Gasteiger partial charge in [0, 0.05) is 17.9 Å². The minimum atomic E-state index is -0.221. The highest BCUT2D eigenvalue weighted by Crippen LogP contribution is 2.46. The second-order valence-corrected chi connectivity index (χ2v) is 5.66. The summed E-state index contributed by atoms with van der Waals surface area (Å²) in [5.74, 6) is 0.543. The molecule has 1 fully saturated rings. The summed E-state index contributed by atoms with van der Waals surface area (Å²) >= 11 is 0. The Hall–Kier alpha value is -1.09. The lowest BCUT2D eigenvalue weighted by molar-refractivity contribution is -0.0701. The summed E-state index contributed by atoms with van der Waals surface area (Å²) in [5.41, 5.74) is 0.170. The second kappa shape index (κ2) is 5.91. The maximum atomic E-state index is 12.9. The van der Waals surface area contributed by atoms with Crippen LogP contribution in [-0.2, 0) is 0 Å². The summed E-state index contributed by atoms with van der Waals surface area (Å²) in [6, 6.07) is 6.84. The lowest BCUT2D eigenvalue weighted by Gasteiger charge is -2.53. The minimum Gasteiger partial charge on any atom is -0.490 e. The van der Waals surface area contributed by atoms with Crippen molar-refractivity contribution in [3.8, 4) is 5.75 Å². The van der Waals surface area contributed by atoms with Crippen LogP contribution in [0.2, 0.25) is 0 Å². The minimum absolute atomic E-state index is 0.170. The average molecular weight is 265 g/mol. The van der Waals surface area contributed by atoms with Crippen LogP contribution in [0.1, 0.15) is 40.0 Å². The number of hydrogen-bond donors (Lipinski definition) is 1. The number of rotatable bonds is 6. The van der Waals surface area contributed by atoms with Crippen molar-refractivity contribution in [2.45, 2.75) is 52.2 Å². The molecule has 0 bridgehead atoms. The fourth-order valence-electron chi connectivity index (χ4n) is 2.79. The third-order valence-corrected chi connectivity index (χ3v) is 4.48. The maximum absolute atomic E-state index is 12.9. The average Bonchev–Trinajstić information content (AvgIpc) is 2.43. The van der Waals surface area contributed by atoms with Crippen LogP contribution in [0.5, 0.6) is 5.75 Å². The molecule has 0 saturated heterocycles. The van der Waals surface area contributed by atoms with Crippen LogP contribution >= 0.6 is 0 Å². The van der Waals surface area contributed by atoms with Gasteiger partial charge in [0.15, 0.2) is 0 Å². The number of ether oxygens (including phenoxy) is 1. The van der Waals surface area contributed by atoms with Crippen LogP contribution < -0.4 is 10.1 Å². The zero-order valence-electron chi connectivity index (χ0n) is 12.1. The van der Waals surface area contributed by atoms with E-state index in [-0.39, 0.29) is 17.3 Å². The Labute approximate surface area is 115 Å². The second-order valence-electron chi connectivity index (χ2n) is 5.66. The fourth-order valence-corrected chi connectivity index (χ4v) is 2.79. The third-order valence-electron chi connectivity index (χ3n) is 4.48. The highest BCUT2D eigenvalue weighted by molar-refractivity contribution is 5.23. The van der Waals surface area contributed by atoms with Gasteiger partial charge in [-0.1, -0.05) is 20.8 Å². The molecule has 0 spiro atoms. The third kappa shape index (κ3) is 2.92. The van der Waals surface area contributed by atoms with Gasteiger partial charge in [0.2, 0.25) is 0 Å². The first-order chi connectivity index (χ1) is 9.10. The molecule has 2 rings (SSSR count). The van der Waals surface area contributed by atoms with Crippen molar-refractivity contribution in [2.24, 2.45) is 5.41 Å². The molecule has 1 N–H and O–H groups in total. The summed E-state index contributed by atoms with van der Waals surface area (Å²) in [7, 11) is 0. The van der Waals surface area contributed by atoms with Gasteiger partial charge in [-0.25, -0.2) is 4.39 Å². The zero-order valence-corrected chi connectivity index (χ0v) is 12.1. The SMILES string of the molecule is CCCNC1CC(Oc2ccc(F)cc2)C1(C)CC. The highest BCUT2D eigenvalue weighted by Gasteiger charge is 2.51. The van der Waals surface area contributed by atoms with Gasteiger partial charge in [-0.2, -0.15) is 0 Å². The van der Waals surface area contributed by atoms with Gasteiger partial charge in [-0.05, 0) is 43.7 Å². The Morgan fingerprint density at radius 1 is 1.32 bits per heavy atom. The molecule has 0 aromatic heterocycles. The molecule has 1 aromatic carbocycles. The lowest BCUT2D eigenvalue weighted by Crippen LogP contribution is -2.63. The molecule has 0 amide bonds. The van der Waals surface area contributed by atoms with Crippen molar-refractivity contribution >= 4 is 0 Å².